The van der Waals surface area contributed by atoms with E-state index in [9.17, 15) is 0 Å². The fourth-order valence-corrected chi connectivity index (χ4v) is 1.17. The molecule has 1 rings (SSSR count). The Balaban J connectivity index is 2.58. The van der Waals surface area contributed by atoms with Crippen LogP contribution >= 0.6 is 0 Å². The van der Waals surface area contributed by atoms with Crippen LogP contribution in [0.2, 0.25) is 0 Å². The molecule has 13 heavy (non-hydrogen) atoms. The number of aromatic nitrogens is 2. The molecule has 0 aromatic carbocycles. The number of amidine groups is 1. The zero-order valence-corrected chi connectivity index (χ0v) is 8.12. The van der Waals surface area contributed by atoms with Gasteiger partial charge in [-0.25, -0.2) is 0 Å². The molecule has 0 aliphatic carbocycles. The first kappa shape index (κ1) is 9.77. The Morgan fingerprint density at radius 3 is 2.92 bits per heavy atom. The summed E-state index contributed by atoms with van der Waals surface area (Å²) in [5.74, 6) is 0.750. The number of nitrogens with one attached hydrogen (secondary N) is 1. The van der Waals surface area contributed by atoms with Crippen molar-refractivity contribution in [3.05, 3.63) is 18.0 Å². The molecule has 4 nitrogen and oxygen atoms in total. The van der Waals surface area contributed by atoms with Crippen molar-refractivity contribution in [1.29, 1.82) is 5.41 Å². The Hall–Kier alpha value is -1.32. The third kappa shape index (κ3) is 3.27. The molecule has 0 atom stereocenters. The highest BCUT2D eigenvalue weighted by molar-refractivity contribution is 5.78. The minimum atomic E-state index is 0.162. The molecular weight excluding hydrogens is 164 g/mol. The molecule has 0 fully saturated rings. The summed E-state index contributed by atoms with van der Waals surface area (Å²) in [6.07, 6.45) is 2.38. The van der Waals surface area contributed by atoms with Crippen LogP contribution in [0.5, 0.6) is 0 Å². The van der Waals surface area contributed by atoms with E-state index in [1.165, 1.54) is 0 Å². The molecular formula is C9H16N4. The van der Waals surface area contributed by atoms with Crippen LogP contribution in [0.15, 0.2) is 12.3 Å². The van der Waals surface area contributed by atoms with Gasteiger partial charge in [0.05, 0.1) is 11.5 Å². The highest BCUT2D eigenvalue weighted by atomic mass is 15.3. The number of rotatable bonds is 4. The van der Waals surface area contributed by atoms with Crippen molar-refractivity contribution in [1.82, 2.24) is 9.78 Å². The van der Waals surface area contributed by atoms with Gasteiger partial charge in [-0.15, -0.1) is 0 Å². The lowest BCUT2D eigenvalue weighted by atomic mass is 10.2. The van der Waals surface area contributed by atoms with E-state index in [1.54, 1.807) is 0 Å². The van der Waals surface area contributed by atoms with Gasteiger partial charge < -0.3 is 5.73 Å². The minimum Gasteiger partial charge on any atom is -0.387 e. The molecule has 0 saturated carbocycles. The molecule has 1 aromatic rings. The summed E-state index contributed by atoms with van der Waals surface area (Å²) in [4.78, 5) is 0. The molecule has 0 amide bonds. The fraction of sp³-hybridized carbons (Fsp3) is 0.556. The van der Waals surface area contributed by atoms with Crippen LogP contribution in [-0.2, 0) is 13.0 Å². The van der Waals surface area contributed by atoms with Gasteiger partial charge in [0.1, 0.15) is 0 Å². The zero-order valence-electron chi connectivity index (χ0n) is 8.12. The van der Waals surface area contributed by atoms with E-state index in [4.69, 9.17) is 11.1 Å². The molecule has 1 heterocycles. The van der Waals surface area contributed by atoms with Crippen LogP contribution in [0.1, 0.15) is 19.5 Å². The van der Waals surface area contributed by atoms with Gasteiger partial charge in [0.25, 0.3) is 0 Å². The number of nitrogens with two attached hydrogens (primary N) is 1. The van der Waals surface area contributed by atoms with Gasteiger partial charge in [0, 0.05) is 19.2 Å². The second-order valence-corrected chi connectivity index (χ2v) is 3.62. The molecule has 0 bridgehead atoms. The van der Waals surface area contributed by atoms with E-state index in [0.29, 0.717) is 12.3 Å². The maximum atomic E-state index is 7.11. The standard InChI is InChI=1S/C9H16N4/c1-7(2)6-13-4-3-8(12-13)5-9(10)11/h3-4,7H,5-6H2,1-2H3,(H3,10,11). The first-order valence-corrected chi connectivity index (χ1v) is 4.43. The number of nitrogens with zero attached hydrogens (tertiary/aromatic N) is 2. The van der Waals surface area contributed by atoms with E-state index in [1.807, 2.05) is 16.9 Å². The molecule has 4 heteroatoms. The van der Waals surface area contributed by atoms with Crippen molar-refractivity contribution >= 4 is 5.84 Å². The summed E-state index contributed by atoms with van der Waals surface area (Å²) in [5.41, 5.74) is 6.14. The number of hydrogen-bond acceptors (Lipinski definition) is 2. The van der Waals surface area contributed by atoms with Crippen LogP contribution < -0.4 is 5.73 Å². The van der Waals surface area contributed by atoms with Gasteiger partial charge >= 0.3 is 0 Å². The Kier molecular flexibility index (Phi) is 3.06. The van der Waals surface area contributed by atoms with Crippen molar-refractivity contribution in [3.8, 4) is 0 Å². The van der Waals surface area contributed by atoms with E-state index < -0.39 is 0 Å². The average molecular weight is 180 g/mol. The quantitative estimate of drug-likeness (QED) is 0.536. The first-order chi connectivity index (χ1) is 6.08. The monoisotopic (exact) mass is 180 g/mol. The summed E-state index contributed by atoms with van der Waals surface area (Å²) in [7, 11) is 0. The largest absolute Gasteiger partial charge is 0.387 e. The molecule has 0 radical (unpaired) electrons. The zero-order chi connectivity index (χ0) is 9.84. The Morgan fingerprint density at radius 1 is 1.69 bits per heavy atom. The van der Waals surface area contributed by atoms with E-state index >= 15 is 0 Å². The van der Waals surface area contributed by atoms with Gasteiger partial charge in [-0.05, 0) is 12.0 Å². The van der Waals surface area contributed by atoms with Crippen LogP contribution in [0.25, 0.3) is 0 Å². The molecule has 3 N–H and O–H groups in total. The molecule has 0 spiro atoms. The van der Waals surface area contributed by atoms with Gasteiger partial charge in [-0.3, -0.25) is 10.1 Å². The van der Waals surface area contributed by atoms with Crippen molar-refractivity contribution < 1.29 is 0 Å². The van der Waals surface area contributed by atoms with E-state index in [0.717, 1.165) is 12.2 Å². The maximum Gasteiger partial charge on any atom is 0.0966 e. The summed E-state index contributed by atoms with van der Waals surface area (Å²) < 4.78 is 1.89. The third-order valence-corrected chi connectivity index (χ3v) is 1.62. The van der Waals surface area contributed by atoms with Crippen LogP contribution in [0, 0.1) is 11.3 Å². The molecule has 0 aliphatic rings. The second kappa shape index (κ2) is 4.07. The fourth-order valence-electron chi connectivity index (χ4n) is 1.17. The number of hydrogen-bond donors (Lipinski definition) is 2. The molecule has 0 unspecified atom stereocenters. The smallest absolute Gasteiger partial charge is 0.0966 e. The second-order valence-electron chi connectivity index (χ2n) is 3.62. The van der Waals surface area contributed by atoms with E-state index in [-0.39, 0.29) is 5.84 Å². The van der Waals surface area contributed by atoms with Crippen molar-refractivity contribution in [2.75, 3.05) is 0 Å². The van der Waals surface area contributed by atoms with E-state index in [2.05, 4.69) is 18.9 Å². The van der Waals surface area contributed by atoms with Crippen LogP contribution in [-0.4, -0.2) is 15.6 Å². The highest BCUT2D eigenvalue weighted by Gasteiger charge is 2.01. The third-order valence-electron chi connectivity index (χ3n) is 1.62. The lowest BCUT2D eigenvalue weighted by Gasteiger charge is -2.03. The average Bonchev–Trinajstić information content (AvgIpc) is 2.33. The summed E-state index contributed by atoms with van der Waals surface area (Å²) in [5, 5.41) is 11.4. The molecule has 1 aromatic heterocycles. The lowest BCUT2D eigenvalue weighted by Crippen LogP contribution is -2.13. The van der Waals surface area contributed by atoms with Crippen molar-refractivity contribution in [3.63, 3.8) is 0 Å². The van der Waals surface area contributed by atoms with Crippen molar-refractivity contribution in [2.45, 2.75) is 26.8 Å². The molecule has 72 valence electrons. The first-order valence-electron chi connectivity index (χ1n) is 4.43. The summed E-state index contributed by atoms with van der Waals surface area (Å²) in [6, 6.07) is 1.91. The van der Waals surface area contributed by atoms with Crippen LogP contribution in [0.3, 0.4) is 0 Å². The predicted molar refractivity (Wildman–Crippen MR) is 52.7 cm³/mol. The Morgan fingerprint density at radius 2 is 2.38 bits per heavy atom. The lowest BCUT2D eigenvalue weighted by molar-refractivity contribution is 0.481. The van der Waals surface area contributed by atoms with Gasteiger partial charge in [0.2, 0.25) is 0 Å². The van der Waals surface area contributed by atoms with Crippen molar-refractivity contribution in [2.24, 2.45) is 11.7 Å². The topological polar surface area (TPSA) is 67.7 Å². The maximum absolute atomic E-state index is 7.11. The normalized spacial score (nSPS) is 10.7. The Bertz CT molecular complexity index is 288. The van der Waals surface area contributed by atoms with Gasteiger partial charge in [-0.1, -0.05) is 13.8 Å². The SMILES string of the molecule is CC(C)Cn1ccc(CC(=N)N)n1. The summed E-state index contributed by atoms with van der Waals surface area (Å²) >= 11 is 0. The molecule has 0 aliphatic heterocycles. The Labute approximate surface area is 78.3 Å². The molecule has 0 saturated heterocycles. The van der Waals surface area contributed by atoms with Gasteiger partial charge in [-0.2, -0.15) is 5.10 Å². The predicted octanol–water partition coefficient (Wildman–Crippen LogP) is 1.02. The highest BCUT2D eigenvalue weighted by Crippen LogP contribution is 2.01. The van der Waals surface area contributed by atoms with Gasteiger partial charge in [0.15, 0.2) is 0 Å². The van der Waals surface area contributed by atoms with Crippen LogP contribution in [0.4, 0.5) is 0 Å². The minimum absolute atomic E-state index is 0.162. The summed E-state index contributed by atoms with van der Waals surface area (Å²) in [6.45, 7) is 5.20.